The van der Waals surface area contributed by atoms with Crippen LogP contribution in [0.1, 0.15) is 50.5 Å². The Bertz CT molecular complexity index is 494. The monoisotopic (exact) mass is 302 g/mol. The number of aryl methyl sites for hydroxylation is 1. The van der Waals surface area contributed by atoms with Gasteiger partial charge in [0, 0.05) is 0 Å². The number of fused-ring (bicyclic) bond motifs is 1. The first kappa shape index (κ1) is 15.4. The highest BCUT2D eigenvalue weighted by Gasteiger charge is 2.33. The maximum Gasteiger partial charge on any atom is 0.344 e. The Morgan fingerprint density at radius 2 is 1.77 bits per heavy atom. The fraction of sp³-hybridized carbons (Fsp3) is 0.632. The van der Waals surface area contributed by atoms with Crippen LogP contribution in [0.25, 0.3) is 0 Å². The van der Waals surface area contributed by atoms with Crippen molar-refractivity contribution in [2.45, 2.75) is 58.0 Å². The summed E-state index contributed by atoms with van der Waals surface area (Å²) in [6, 6.07) is 7.72. The highest BCUT2D eigenvalue weighted by Crippen LogP contribution is 2.41. The van der Waals surface area contributed by atoms with Crippen molar-refractivity contribution in [3.05, 3.63) is 29.8 Å². The number of hydrogen-bond donors (Lipinski definition) is 0. The molecule has 0 amide bonds. The quantitative estimate of drug-likeness (QED) is 0.779. The highest BCUT2D eigenvalue weighted by molar-refractivity contribution is 5.71. The van der Waals surface area contributed by atoms with Crippen molar-refractivity contribution in [3.8, 4) is 5.75 Å². The topological polar surface area (TPSA) is 35.5 Å². The van der Waals surface area contributed by atoms with Crippen molar-refractivity contribution in [2.75, 3.05) is 6.61 Å². The van der Waals surface area contributed by atoms with Crippen LogP contribution in [0.15, 0.2) is 24.3 Å². The molecule has 0 aromatic heterocycles. The second kappa shape index (κ2) is 7.17. The minimum Gasteiger partial charge on any atom is -0.482 e. The Morgan fingerprint density at radius 1 is 1.05 bits per heavy atom. The van der Waals surface area contributed by atoms with Gasteiger partial charge in [-0.25, -0.2) is 4.79 Å². The van der Waals surface area contributed by atoms with E-state index in [1.165, 1.54) is 37.7 Å². The van der Waals surface area contributed by atoms with Gasteiger partial charge in [0.2, 0.25) is 0 Å². The van der Waals surface area contributed by atoms with E-state index in [9.17, 15) is 4.79 Å². The van der Waals surface area contributed by atoms with E-state index in [4.69, 9.17) is 9.47 Å². The van der Waals surface area contributed by atoms with Gasteiger partial charge >= 0.3 is 5.97 Å². The number of esters is 1. The first-order chi connectivity index (χ1) is 10.7. The molecule has 0 aliphatic heterocycles. The van der Waals surface area contributed by atoms with Crippen molar-refractivity contribution in [1.29, 1.82) is 0 Å². The number of ether oxygens (including phenoxy) is 2. The Kier molecular flexibility index (Phi) is 5.01. The molecular weight excluding hydrogens is 276 g/mol. The maximum atomic E-state index is 12.0. The Balaban J connectivity index is 1.42. The normalized spacial score (nSPS) is 27.8. The minimum absolute atomic E-state index is 0.00760. The molecule has 1 aromatic rings. The summed E-state index contributed by atoms with van der Waals surface area (Å²) in [6.45, 7) is 2.04. The van der Waals surface area contributed by atoms with Gasteiger partial charge in [-0.2, -0.15) is 0 Å². The zero-order valence-electron chi connectivity index (χ0n) is 13.4. The maximum absolute atomic E-state index is 12.0. The van der Waals surface area contributed by atoms with Gasteiger partial charge < -0.3 is 9.47 Å². The standard InChI is InChI=1S/C19H26O3/c1-14-6-9-17(10-7-14)21-13-19(20)22-18-11-8-15-4-2-3-5-16(15)12-18/h6-7,9-10,15-16,18H,2-5,8,11-13H2,1H3. The van der Waals surface area contributed by atoms with Crippen molar-refractivity contribution < 1.29 is 14.3 Å². The van der Waals surface area contributed by atoms with Crippen LogP contribution in [0.5, 0.6) is 5.75 Å². The van der Waals surface area contributed by atoms with E-state index in [0.29, 0.717) is 0 Å². The van der Waals surface area contributed by atoms with Crippen LogP contribution in [0.2, 0.25) is 0 Å². The third-order valence-electron chi connectivity index (χ3n) is 5.17. The molecule has 120 valence electrons. The van der Waals surface area contributed by atoms with Crippen LogP contribution < -0.4 is 4.74 Å². The number of rotatable bonds is 4. The summed E-state index contributed by atoms with van der Waals surface area (Å²) in [7, 11) is 0. The van der Waals surface area contributed by atoms with Gasteiger partial charge in [-0.1, -0.05) is 43.4 Å². The van der Waals surface area contributed by atoms with Gasteiger partial charge in [-0.15, -0.1) is 0 Å². The molecule has 2 aliphatic carbocycles. The van der Waals surface area contributed by atoms with E-state index in [0.717, 1.165) is 30.4 Å². The lowest BCUT2D eigenvalue weighted by atomic mass is 9.70. The van der Waals surface area contributed by atoms with Crippen molar-refractivity contribution in [3.63, 3.8) is 0 Å². The third kappa shape index (κ3) is 4.02. The van der Waals surface area contributed by atoms with Gasteiger partial charge in [0.25, 0.3) is 0 Å². The molecule has 0 saturated heterocycles. The molecule has 1 aromatic carbocycles. The van der Waals surface area contributed by atoms with Gasteiger partial charge in [0.15, 0.2) is 6.61 Å². The van der Waals surface area contributed by atoms with E-state index in [-0.39, 0.29) is 18.7 Å². The summed E-state index contributed by atoms with van der Waals surface area (Å²) in [5.74, 6) is 2.14. The molecule has 2 aliphatic rings. The zero-order chi connectivity index (χ0) is 15.4. The average Bonchev–Trinajstić information content (AvgIpc) is 2.54. The second-order valence-corrected chi connectivity index (χ2v) is 6.83. The van der Waals surface area contributed by atoms with Crippen molar-refractivity contribution in [2.24, 2.45) is 11.8 Å². The summed E-state index contributed by atoms with van der Waals surface area (Å²) < 4.78 is 11.1. The van der Waals surface area contributed by atoms with E-state index in [2.05, 4.69) is 0 Å². The summed E-state index contributed by atoms with van der Waals surface area (Å²) >= 11 is 0. The molecule has 2 saturated carbocycles. The Hall–Kier alpha value is -1.51. The lowest BCUT2D eigenvalue weighted by Gasteiger charge is -2.38. The number of carbonyl (C=O) groups excluding carboxylic acids is 1. The van der Waals surface area contributed by atoms with E-state index in [1.807, 2.05) is 31.2 Å². The first-order valence-corrected chi connectivity index (χ1v) is 8.59. The van der Waals surface area contributed by atoms with E-state index >= 15 is 0 Å². The molecule has 3 heteroatoms. The largest absolute Gasteiger partial charge is 0.482 e. The predicted octanol–water partition coefficient (Wildman–Crippen LogP) is 4.28. The van der Waals surface area contributed by atoms with Crippen LogP contribution in [-0.2, 0) is 9.53 Å². The smallest absolute Gasteiger partial charge is 0.344 e. The summed E-state index contributed by atoms with van der Waals surface area (Å²) in [5, 5.41) is 0. The fourth-order valence-corrected chi connectivity index (χ4v) is 3.93. The minimum atomic E-state index is -0.236. The van der Waals surface area contributed by atoms with Crippen LogP contribution >= 0.6 is 0 Å². The van der Waals surface area contributed by atoms with E-state index < -0.39 is 0 Å². The lowest BCUT2D eigenvalue weighted by molar-refractivity contribution is -0.154. The average molecular weight is 302 g/mol. The first-order valence-electron chi connectivity index (χ1n) is 8.59. The van der Waals surface area contributed by atoms with Gasteiger partial charge in [-0.3, -0.25) is 0 Å². The van der Waals surface area contributed by atoms with Crippen LogP contribution in [0, 0.1) is 18.8 Å². The molecular formula is C19H26O3. The molecule has 0 bridgehead atoms. The van der Waals surface area contributed by atoms with Gasteiger partial charge in [0.05, 0.1) is 0 Å². The summed E-state index contributed by atoms with van der Waals surface area (Å²) in [6.07, 6.45) is 8.84. The number of carbonyl (C=O) groups is 1. The molecule has 22 heavy (non-hydrogen) atoms. The molecule has 0 N–H and O–H groups in total. The molecule has 2 fully saturated rings. The van der Waals surface area contributed by atoms with Crippen LogP contribution in [-0.4, -0.2) is 18.7 Å². The van der Waals surface area contributed by atoms with Gasteiger partial charge in [-0.05, 0) is 50.2 Å². The Labute approximate surface area is 133 Å². The molecule has 3 unspecified atom stereocenters. The predicted molar refractivity (Wildman–Crippen MR) is 85.9 cm³/mol. The molecule has 0 radical (unpaired) electrons. The number of hydrogen-bond acceptors (Lipinski definition) is 3. The fourth-order valence-electron chi connectivity index (χ4n) is 3.93. The molecule has 0 spiro atoms. The van der Waals surface area contributed by atoms with Crippen LogP contribution in [0.3, 0.4) is 0 Å². The Morgan fingerprint density at radius 3 is 2.55 bits per heavy atom. The summed E-state index contributed by atoms with van der Waals surface area (Å²) in [5.41, 5.74) is 1.18. The third-order valence-corrected chi connectivity index (χ3v) is 5.17. The molecule has 3 atom stereocenters. The second-order valence-electron chi connectivity index (χ2n) is 6.83. The lowest BCUT2D eigenvalue weighted by Crippen LogP contribution is -2.34. The molecule has 3 rings (SSSR count). The highest BCUT2D eigenvalue weighted by atomic mass is 16.6. The SMILES string of the molecule is Cc1ccc(OCC(=O)OC2CCC3CCCCC3C2)cc1. The van der Waals surface area contributed by atoms with Crippen molar-refractivity contribution >= 4 is 5.97 Å². The van der Waals surface area contributed by atoms with E-state index in [1.54, 1.807) is 0 Å². The van der Waals surface area contributed by atoms with Gasteiger partial charge in [0.1, 0.15) is 11.9 Å². The van der Waals surface area contributed by atoms with Crippen molar-refractivity contribution in [1.82, 2.24) is 0 Å². The molecule has 0 heterocycles. The number of benzene rings is 1. The van der Waals surface area contributed by atoms with Crippen LogP contribution in [0.4, 0.5) is 0 Å². The zero-order valence-corrected chi connectivity index (χ0v) is 13.4. The molecule has 3 nitrogen and oxygen atoms in total. The summed E-state index contributed by atoms with van der Waals surface area (Å²) in [4.78, 5) is 12.0.